The van der Waals surface area contributed by atoms with E-state index in [9.17, 15) is 0 Å². The van der Waals surface area contributed by atoms with Gasteiger partial charge in [-0.1, -0.05) is 172 Å². The third-order valence-corrected chi connectivity index (χ3v) is 10.3. The van der Waals surface area contributed by atoms with Crippen LogP contribution in [0.3, 0.4) is 0 Å². The molecular formula is C47H34. The average Bonchev–Trinajstić information content (AvgIpc) is 3.37. The van der Waals surface area contributed by atoms with Gasteiger partial charge in [-0.05, 0) is 100 Å². The highest BCUT2D eigenvalue weighted by molar-refractivity contribution is 6.17. The van der Waals surface area contributed by atoms with E-state index in [0.717, 1.165) is 0 Å². The van der Waals surface area contributed by atoms with E-state index in [0.29, 0.717) is 0 Å². The van der Waals surface area contributed by atoms with Crippen LogP contribution in [0.5, 0.6) is 0 Å². The van der Waals surface area contributed by atoms with E-state index in [1.165, 1.54) is 88.3 Å². The summed E-state index contributed by atoms with van der Waals surface area (Å²) in [5.74, 6) is 0. The van der Waals surface area contributed by atoms with Gasteiger partial charge in [0.1, 0.15) is 0 Å². The van der Waals surface area contributed by atoms with Crippen molar-refractivity contribution < 1.29 is 0 Å². The van der Waals surface area contributed by atoms with Crippen LogP contribution in [0.4, 0.5) is 0 Å². The molecule has 0 N–H and O–H groups in total. The van der Waals surface area contributed by atoms with Crippen LogP contribution in [-0.4, -0.2) is 0 Å². The summed E-state index contributed by atoms with van der Waals surface area (Å²) in [6.07, 6.45) is 0. The lowest BCUT2D eigenvalue weighted by molar-refractivity contribution is 0.661. The summed E-state index contributed by atoms with van der Waals surface area (Å²) in [7, 11) is 0. The Balaban J connectivity index is 1.35. The zero-order valence-electron chi connectivity index (χ0n) is 26.7. The molecule has 0 spiro atoms. The second-order valence-electron chi connectivity index (χ2n) is 13.2. The van der Waals surface area contributed by atoms with Crippen molar-refractivity contribution in [1.29, 1.82) is 0 Å². The lowest BCUT2D eigenvalue weighted by atomic mass is 9.78. The van der Waals surface area contributed by atoms with E-state index < -0.39 is 0 Å². The molecule has 9 rings (SSSR count). The second-order valence-corrected chi connectivity index (χ2v) is 13.2. The van der Waals surface area contributed by atoms with Gasteiger partial charge in [0, 0.05) is 5.41 Å². The third kappa shape index (κ3) is 4.22. The largest absolute Gasteiger partial charge is 0.0622 e. The first kappa shape index (κ1) is 27.6. The van der Waals surface area contributed by atoms with Gasteiger partial charge in [0.25, 0.3) is 0 Å². The second kappa shape index (κ2) is 10.7. The van der Waals surface area contributed by atoms with E-state index in [1.807, 2.05) is 0 Å². The van der Waals surface area contributed by atoms with Crippen molar-refractivity contribution in [2.45, 2.75) is 19.3 Å². The molecule has 1 aliphatic carbocycles. The molecule has 0 saturated heterocycles. The third-order valence-electron chi connectivity index (χ3n) is 10.3. The summed E-state index contributed by atoms with van der Waals surface area (Å²) in [4.78, 5) is 0. The van der Waals surface area contributed by atoms with Crippen molar-refractivity contribution in [3.63, 3.8) is 0 Å². The normalized spacial score (nSPS) is 13.1. The van der Waals surface area contributed by atoms with Crippen molar-refractivity contribution in [1.82, 2.24) is 0 Å². The fourth-order valence-electron chi connectivity index (χ4n) is 8.04. The fourth-order valence-corrected chi connectivity index (χ4v) is 8.04. The van der Waals surface area contributed by atoms with Gasteiger partial charge < -0.3 is 0 Å². The minimum Gasteiger partial charge on any atom is -0.0622 e. The molecule has 0 aromatic heterocycles. The van der Waals surface area contributed by atoms with Crippen LogP contribution in [0.2, 0.25) is 0 Å². The highest BCUT2D eigenvalue weighted by atomic mass is 14.4. The van der Waals surface area contributed by atoms with Crippen LogP contribution in [0.1, 0.15) is 25.0 Å². The molecule has 0 saturated carbocycles. The Morgan fingerprint density at radius 2 is 0.617 bits per heavy atom. The lowest BCUT2D eigenvalue weighted by Crippen LogP contribution is -2.15. The van der Waals surface area contributed by atoms with Crippen LogP contribution in [0, 0.1) is 0 Å². The van der Waals surface area contributed by atoms with Crippen molar-refractivity contribution in [2.75, 3.05) is 0 Å². The Morgan fingerprint density at radius 1 is 0.298 bits per heavy atom. The molecule has 0 fully saturated rings. The minimum atomic E-state index is -0.203. The Labute approximate surface area is 276 Å². The number of fused-ring (bicyclic) bond motifs is 7. The maximum Gasteiger partial charge on any atom is 0.0159 e. The van der Waals surface area contributed by atoms with Crippen LogP contribution in [0.25, 0.3) is 77.2 Å². The first-order valence-corrected chi connectivity index (χ1v) is 16.5. The van der Waals surface area contributed by atoms with E-state index in [4.69, 9.17) is 0 Å². The molecule has 0 unspecified atom stereocenters. The Hall–Kier alpha value is -5.72. The molecule has 0 radical (unpaired) electrons. The smallest absolute Gasteiger partial charge is 0.0159 e. The number of hydrogen-bond acceptors (Lipinski definition) is 0. The molecule has 8 aromatic rings. The monoisotopic (exact) mass is 598 g/mol. The van der Waals surface area contributed by atoms with Crippen molar-refractivity contribution in [2.24, 2.45) is 0 Å². The van der Waals surface area contributed by atoms with Gasteiger partial charge in [-0.2, -0.15) is 0 Å². The number of hydrogen-bond donors (Lipinski definition) is 0. The SMILES string of the molecule is CC1(C)c2cc(-c3ccccc3-c3ccccc3)c3ccccc3c2-c2c1cc(-c1ccccc1-c1ccccc1)c1ccccc21. The van der Waals surface area contributed by atoms with Gasteiger partial charge in [0.05, 0.1) is 0 Å². The predicted octanol–water partition coefficient (Wildman–Crippen LogP) is 13.0. The molecule has 222 valence electrons. The molecule has 47 heavy (non-hydrogen) atoms. The zero-order chi connectivity index (χ0) is 31.5. The maximum atomic E-state index is 2.51. The Morgan fingerprint density at radius 3 is 1.02 bits per heavy atom. The van der Waals surface area contributed by atoms with Crippen LogP contribution in [-0.2, 0) is 5.41 Å². The minimum absolute atomic E-state index is 0.203. The summed E-state index contributed by atoms with van der Waals surface area (Å²) < 4.78 is 0. The summed E-state index contributed by atoms with van der Waals surface area (Å²) in [5.41, 5.74) is 15.5. The molecule has 0 amide bonds. The van der Waals surface area contributed by atoms with Gasteiger partial charge in [-0.15, -0.1) is 0 Å². The summed E-state index contributed by atoms with van der Waals surface area (Å²) in [6.45, 7) is 4.84. The first-order chi connectivity index (χ1) is 23.1. The molecule has 0 nitrogen and oxygen atoms in total. The van der Waals surface area contributed by atoms with Gasteiger partial charge in [0.15, 0.2) is 0 Å². The Kier molecular flexibility index (Phi) is 6.27. The standard InChI is InChI=1S/C47H34/c1-47(2)43-29-41(35-23-11-9-21-33(35)31-17-5-3-6-18-31)37-25-13-15-27-39(37)45(43)46-40-28-16-14-26-38(40)42(30-44(46)47)36-24-12-10-22-34(36)32-19-7-4-8-20-32/h3-30H,1-2H3. The highest BCUT2D eigenvalue weighted by Crippen LogP contribution is 2.57. The van der Waals surface area contributed by atoms with Gasteiger partial charge in [-0.25, -0.2) is 0 Å². The molecule has 0 atom stereocenters. The van der Waals surface area contributed by atoms with E-state index >= 15 is 0 Å². The van der Waals surface area contributed by atoms with E-state index in [-0.39, 0.29) is 5.41 Å². The summed E-state index contributed by atoms with van der Waals surface area (Å²) >= 11 is 0. The van der Waals surface area contributed by atoms with Gasteiger partial charge in [-0.3, -0.25) is 0 Å². The number of rotatable bonds is 4. The highest BCUT2D eigenvalue weighted by Gasteiger charge is 2.39. The van der Waals surface area contributed by atoms with Crippen molar-refractivity contribution >= 4 is 21.5 Å². The first-order valence-electron chi connectivity index (χ1n) is 16.5. The molecular weight excluding hydrogens is 565 g/mol. The van der Waals surface area contributed by atoms with Crippen molar-refractivity contribution in [3.05, 3.63) is 181 Å². The zero-order valence-corrected chi connectivity index (χ0v) is 26.7. The van der Waals surface area contributed by atoms with Crippen LogP contribution in [0.15, 0.2) is 170 Å². The lowest BCUT2D eigenvalue weighted by Gasteiger charge is -2.24. The van der Waals surface area contributed by atoms with Gasteiger partial charge >= 0.3 is 0 Å². The quantitative estimate of drug-likeness (QED) is 0.189. The molecule has 0 aliphatic heterocycles. The molecule has 0 bridgehead atoms. The van der Waals surface area contributed by atoms with Crippen LogP contribution < -0.4 is 0 Å². The average molecular weight is 599 g/mol. The topological polar surface area (TPSA) is 0 Å². The van der Waals surface area contributed by atoms with Gasteiger partial charge in [0.2, 0.25) is 0 Å². The predicted molar refractivity (Wildman–Crippen MR) is 201 cm³/mol. The van der Waals surface area contributed by atoms with Crippen molar-refractivity contribution in [3.8, 4) is 55.6 Å². The molecule has 0 heterocycles. The molecule has 1 aliphatic rings. The fraction of sp³-hybridized carbons (Fsp3) is 0.0638. The molecule has 8 aromatic carbocycles. The molecule has 0 heteroatoms. The van der Waals surface area contributed by atoms with E-state index in [2.05, 4.69) is 184 Å². The Bertz CT molecular complexity index is 2290. The maximum absolute atomic E-state index is 2.51. The summed E-state index contributed by atoms with van der Waals surface area (Å²) in [6, 6.07) is 62.4. The van der Waals surface area contributed by atoms with Crippen LogP contribution >= 0.6 is 0 Å². The summed E-state index contributed by atoms with van der Waals surface area (Å²) in [5, 5.41) is 5.22. The number of benzene rings is 8. The van der Waals surface area contributed by atoms with E-state index in [1.54, 1.807) is 0 Å².